The van der Waals surface area contributed by atoms with Crippen LogP contribution < -0.4 is 11.1 Å². The van der Waals surface area contributed by atoms with Gasteiger partial charge in [0.05, 0.1) is 5.69 Å². The van der Waals surface area contributed by atoms with Gasteiger partial charge in [0.2, 0.25) is 5.91 Å². The molecule has 7 heteroatoms. The molecule has 0 unspecified atom stereocenters. The molecule has 1 aromatic heterocycles. The van der Waals surface area contributed by atoms with E-state index in [9.17, 15) is 14.0 Å². The summed E-state index contributed by atoms with van der Waals surface area (Å²) in [5, 5.41) is 6.93. The summed E-state index contributed by atoms with van der Waals surface area (Å²) in [7, 11) is 0. The van der Waals surface area contributed by atoms with Crippen LogP contribution in [-0.4, -0.2) is 21.6 Å². The van der Waals surface area contributed by atoms with Crippen molar-refractivity contribution in [1.29, 1.82) is 0 Å². The Balaban J connectivity index is 1.63. The first-order valence-electron chi connectivity index (χ1n) is 7.51. The fraction of sp³-hybridized carbons (Fsp3) is 0.0556. The minimum atomic E-state index is -0.498. The van der Waals surface area contributed by atoms with E-state index in [0.717, 1.165) is 5.56 Å². The number of nitrogens with one attached hydrogen (secondary N) is 1. The number of rotatable bonds is 5. The highest BCUT2D eigenvalue weighted by Crippen LogP contribution is 2.09. The van der Waals surface area contributed by atoms with Gasteiger partial charge in [-0.05, 0) is 48.0 Å². The van der Waals surface area contributed by atoms with E-state index in [0.29, 0.717) is 17.8 Å². The zero-order valence-corrected chi connectivity index (χ0v) is 13.1. The monoisotopic (exact) mass is 338 g/mol. The third-order valence-electron chi connectivity index (χ3n) is 3.60. The molecular formula is C18H15FN4O2. The molecule has 0 saturated carbocycles. The van der Waals surface area contributed by atoms with Crippen molar-refractivity contribution in [2.75, 3.05) is 0 Å². The van der Waals surface area contributed by atoms with Gasteiger partial charge in [-0.1, -0.05) is 12.1 Å². The van der Waals surface area contributed by atoms with Crippen LogP contribution >= 0.6 is 0 Å². The maximum Gasteiger partial charge on any atom is 0.272 e. The van der Waals surface area contributed by atoms with E-state index in [2.05, 4.69) is 10.4 Å². The van der Waals surface area contributed by atoms with Crippen LogP contribution in [0.5, 0.6) is 0 Å². The number of benzene rings is 2. The van der Waals surface area contributed by atoms with E-state index in [1.54, 1.807) is 48.7 Å². The summed E-state index contributed by atoms with van der Waals surface area (Å²) in [6.45, 7) is 0.293. The highest BCUT2D eigenvalue weighted by atomic mass is 19.1. The maximum atomic E-state index is 12.9. The highest BCUT2D eigenvalue weighted by molar-refractivity contribution is 5.93. The molecule has 0 aliphatic rings. The summed E-state index contributed by atoms with van der Waals surface area (Å²) in [6.07, 6.45) is 1.63. The molecule has 2 amide bonds. The van der Waals surface area contributed by atoms with Gasteiger partial charge in [0, 0.05) is 18.3 Å². The van der Waals surface area contributed by atoms with Crippen LogP contribution in [0.3, 0.4) is 0 Å². The largest absolute Gasteiger partial charge is 0.366 e. The Morgan fingerprint density at radius 3 is 2.36 bits per heavy atom. The number of nitrogens with two attached hydrogens (primary N) is 1. The van der Waals surface area contributed by atoms with Gasteiger partial charge >= 0.3 is 0 Å². The zero-order chi connectivity index (χ0) is 17.8. The van der Waals surface area contributed by atoms with Crippen molar-refractivity contribution in [2.24, 2.45) is 5.73 Å². The Morgan fingerprint density at radius 2 is 1.72 bits per heavy atom. The standard InChI is InChI=1S/C18H15FN4O2/c19-14-5-7-15(8-6-14)23-10-9-16(22-23)18(25)21-11-12-1-3-13(4-2-12)17(20)24/h1-10H,11H2,(H2,20,24)(H,21,25). The van der Waals surface area contributed by atoms with Gasteiger partial charge in [-0.2, -0.15) is 5.10 Å². The summed E-state index contributed by atoms with van der Waals surface area (Å²) in [5.74, 6) is -1.17. The number of aromatic nitrogens is 2. The fourth-order valence-corrected chi connectivity index (χ4v) is 2.24. The van der Waals surface area contributed by atoms with Gasteiger partial charge in [-0.25, -0.2) is 9.07 Å². The van der Waals surface area contributed by atoms with Gasteiger partial charge in [-0.3, -0.25) is 9.59 Å². The van der Waals surface area contributed by atoms with E-state index in [4.69, 9.17) is 5.73 Å². The van der Waals surface area contributed by atoms with E-state index in [1.165, 1.54) is 16.8 Å². The molecule has 0 aliphatic heterocycles. The second kappa shape index (κ2) is 6.96. The Labute approximate surface area is 143 Å². The Morgan fingerprint density at radius 1 is 1.04 bits per heavy atom. The lowest BCUT2D eigenvalue weighted by Gasteiger charge is -2.04. The smallest absolute Gasteiger partial charge is 0.272 e. The average molecular weight is 338 g/mol. The topological polar surface area (TPSA) is 90.0 Å². The molecule has 0 atom stereocenters. The molecule has 1 heterocycles. The maximum absolute atomic E-state index is 12.9. The molecule has 25 heavy (non-hydrogen) atoms. The van der Waals surface area contributed by atoms with Crippen LogP contribution in [0.25, 0.3) is 5.69 Å². The van der Waals surface area contributed by atoms with Crippen LogP contribution in [0.2, 0.25) is 0 Å². The third-order valence-corrected chi connectivity index (χ3v) is 3.60. The van der Waals surface area contributed by atoms with Gasteiger partial charge in [0.1, 0.15) is 5.82 Å². The van der Waals surface area contributed by atoms with Crippen molar-refractivity contribution >= 4 is 11.8 Å². The van der Waals surface area contributed by atoms with Crippen LogP contribution in [0.4, 0.5) is 4.39 Å². The van der Waals surface area contributed by atoms with Crippen molar-refractivity contribution in [2.45, 2.75) is 6.54 Å². The summed E-state index contributed by atoms with van der Waals surface area (Å²) in [6, 6.07) is 14.0. The number of primary amides is 1. The molecule has 0 spiro atoms. The number of hydrogen-bond acceptors (Lipinski definition) is 3. The fourth-order valence-electron chi connectivity index (χ4n) is 2.24. The molecule has 126 valence electrons. The second-order valence-electron chi connectivity index (χ2n) is 5.37. The van der Waals surface area contributed by atoms with Gasteiger partial charge in [-0.15, -0.1) is 0 Å². The van der Waals surface area contributed by atoms with Crippen molar-refractivity contribution in [3.8, 4) is 5.69 Å². The van der Waals surface area contributed by atoms with Gasteiger partial charge in [0.25, 0.3) is 5.91 Å². The quantitative estimate of drug-likeness (QED) is 0.746. The first-order chi connectivity index (χ1) is 12.0. The van der Waals surface area contributed by atoms with Gasteiger partial charge in [0.15, 0.2) is 5.69 Å². The van der Waals surface area contributed by atoms with Crippen molar-refractivity contribution in [1.82, 2.24) is 15.1 Å². The number of carbonyl (C=O) groups excluding carboxylic acids is 2. The highest BCUT2D eigenvalue weighted by Gasteiger charge is 2.10. The minimum absolute atomic E-state index is 0.248. The number of amides is 2. The average Bonchev–Trinajstić information content (AvgIpc) is 3.11. The predicted octanol–water partition coefficient (Wildman–Crippen LogP) is 2.04. The second-order valence-corrected chi connectivity index (χ2v) is 5.37. The summed E-state index contributed by atoms with van der Waals surface area (Å²) in [4.78, 5) is 23.2. The van der Waals surface area contributed by atoms with Gasteiger partial charge < -0.3 is 11.1 Å². The molecular weight excluding hydrogens is 323 g/mol. The van der Waals surface area contributed by atoms with E-state index < -0.39 is 5.91 Å². The molecule has 0 radical (unpaired) electrons. The Bertz CT molecular complexity index is 902. The Hall–Kier alpha value is -3.48. The van der Waals surface area contributed by atoms with Crippen molar-refractivity contribution < 1.29 is 14.0 Å². The lowest BCUT2D eigenvalue weighted by Crippen LogP contribution is -2.23. The SMILES string of the molecule is NC(=O)c1ccc(CNC(=O)c2ccn(-c3ccc(F)cc3)n2)cc1. The summed E-state index contributed by atoms with van der Waals surface area (Å²) < 4.78 is 14.4. The van der Waals surface area contributed by atoms with Crippen molar-refractivity contribution in [3.05, 3.63) is 83.4 Å². The molecule has 0 bridgehead atoms. The number of carbonyl (C=O) groups is 2. The minimum Gasteiger partial charge on any atom is -0.366 e. The lowest BCUT2D eigenvalue weighted by atomic mass is 10.1. The van der Waals surface area contributed by atoms with E-state index >= 15 is 0 Å². The summed E-state index contributed by atoms with van der Waals surface area (Å²) >= 11 is 0. The van der Waals surface area contributed by atoms with Crippen LogP contribution in [0, 0.1) is 5.82 Å². The van der Waals surface area contributed by atoms with E-state index in [1.807, 2.05) is 0 Å². The first kappa shape index (κ1) is 16.4. The zero-order valence-electron chi connectivity index (χ0n) is 13.1. The number of hydrogen-bond donors (Lipinski definition) is 2. The molecule has 6 nitrogen and oxygen atoms in total. The molecule has 0 fully saturated rings. The molecule has 3 aromatic rings. The normalized spacial score (nSPS) is 10.4. The molecule has 2 aromatic carbocycles. The number of halogens is 1. The third kappa shape index (κ3) is 3.89. The number of nitrogens with zero attached hydrogens (tertiary/aromatic N) is 2. The van der Waals surface area contributed by atoms with E-state index in [-0.39, 0.29) is 17.4 Å². The predicted molar refractivity (Wildman–Crippen MR) is 89.7 cm³/mol. The Kier molecular flexibility index (Phi) is 4.56. The lowest BCUT2D eigenvalue weighted by molar-refractivity contribution is 0.0944. The molecule has 0 aliphatic carbocycles. The van der Waals surface area contributed by atoms with Crippen LogP contribution in [0.1, 0.15) is 26.4 Å². The van der Waals surface area contributed by atoms with Crippen LogP contribution in [-0.2, 0) is 6.54 Å². The van der Waals surface area contributed by atoms with Crippen LogP contribution in [0.15, 0.2) is 60.8 Å². The molecule has 3 N–H and O–H groups in total. The summed E-state index contributed by atoms with van der Waals surface area (Å²) in [5.41, 5.74) is 7.32. The molecule has 0 saturated heterocycles. The van der Waals surface area contributed by atoms with Crippen molar-refractivity contribution in [3.63, 3.8) is 0 Å². The first-order valence-corrected chi connectivity index (χ1v) is 7.51. The molecule has 3 rings (SSSR count).